The molecule has 2 aromatic carbocycles. The van der Waals surface area contributed by atoms with E-state index in [0.717, 1.165) is 103 Å². The summed E-state index contributed by atoms with van der Waals surface area (Å²) in [5, 5.41) is 17.4. The van der Waals surface area contributed by atoms with Gasteiger partial charge >= 0.3 is 12.1 Å². The van der Waals surface area contributed by atoms with E-state index in [4.69, 9.17) is 15.6 Å². The van der Waals surface area contributed by atoms with E-state index in [2.05, 4.69) is 53.8 Å². The van der Waals surface area contributed by atoms with Gasteiger partial charge in [0.2, 0.25) is 5.91 Å². The summed E-state index contributed by atoms with van der Waals surface area (Å²) in [5.41, 5.74) is 12.8. The van der Waals surface area contributed by atoms with Gasteiger partial charge in [0, 0.05) is 78.4 Å². The standard InChI is InChI=1S/C34H42N6O2.C2HF3O2/c1-4-23-18-26-27(34(2,3)33-31(32(26)42)25-10-9-22(20-35)17-28(25)37-33)19-29(23)39-13-15-40(16-14-39)30(41)8-6-12-38-11-5-7-24(36)21-38;3-2(4,5)1(6)7/h9-10,17-19,24,37H,4-8,11-16,21,36H2,1-3H3;(H,6,7)/t24-;/m1./s1. The number of aryl methyl sites for hydroxylation is 1. The van der Waals surface area contributed by atoms with Crippen LogP contribution in [0.15, 0.2) is 30.3 Å². The maximum absolute atomic E-state index is 14.0. The van der Waals surface area contributed by atoms with Crippen molar-refractivity contribution in [2.24, 2.45) is 5.73 Å². The molecule has 1 amide bonds. The topological polar surface area (TPSA) is 147 Å². The van der Waals surface area contributed by atoms with Crippen molar-refractivity contribution in [2.75, 3.05) is 50.7 Å². The molecule has 2 aliphatic heterocycles. The minimum atomic E-state index is -5.08. The first-order valence-electron chi connectivity index (χ1n) is 16.7. The Kier molecular flexibility index (Phi) is 10.4. The molecule has 2 saturated heterocycles. The number of carboxylic acids is 1. The first-order chi connectivity index (χ1) is 23.1. The average Bonchev–Trinajstić information content (AvgIpc) is 3.47. The summed E-state index contributed by atoms with van der Waals surface area (Å²) >= 11 is 0. The molecule has 0 unspecified atom stereocenters. The Labute approximate surface area is 283 Å². The van der Waals surface area contributed by atoms with Crippen molar-refractivity contribution in [3.63, 3.8) is 0 Å². The largest absolute Gasteiger partial charge is 0.490 e. The van der Waals surface area contributed by atoms with Gasteiger partial charge in [0.05, 0.1) is 17.2 Å². The van der Waals surface area contributed by atoms with E-state index < -0.39 is 17.6 Å². The average molecular weight is 681 g/mol. The summed E-state index contributed by atoms with van der Waals surface area (Å²) < 4.78 is 31.7. The van der Waals surface area contributed by atoms with Crippen molar-refractivity contribution in [3.8, 4) is 6.07 Å². The lowest BCUT2D eigenvalue weighted by Crippen LogP contribution is -2.49. The lowest BCUT2D eigenvalue weighted by atomic mass is 9.70. The van der Waals surface area contributed by atoms with Crippen LogP contribution in [0.4, 0.5) is 18.9 Å². The SMILES string of the molecule is CCc1cc2c(cc1N1CCN(C(=O)CCCN3CCC[C@@H](N)C3)CC1)C(C)(C)c1[nH]c3cc(C#N)ccc3c1C2=O.O=C(O)C(F)(F)F. The van der Waals surface area contributed by atoms with Crippen LogP contribution in [0, 0.1) is 11.3 Å². The molecule has 1 atom stereocenters. The molecule has 0 saturated carbocycles. The number of nitriles is 1. The second-order valence-corrected chi connectivity index (χ2v) is 13.6. The fourth-order valence-electron chi connectivity index (χ4n) is 7.26. The summed E-state index contributed by atoms with van der Waals surface area (Å²) in [6.07, 6.45) is -0.540. The molecule has 0 spiro atoms. The van der Waals surface area contributed by atoms with Gasteiger partial charge in [-0.05, 0) is 74.2 Å². The molecule has 3 heterocycles. The number of carboxylic acid groups (broad SMARTS) is 1. The Morgan fingerprint density at radius 1 is 1.12 bits per heavy atom. The molecule has 2 fully saturated rings. The maximum Gasteiger partial charge on any atom is 0.490 e. The van der Waals surface area contributed by atoms with E-state index in [1.165, 1.54) is 0 Å². The number of H-pyrrole nitrogens is 1. The van der Waals surface area contributed by atoms with Crippen LogP contribution in [0.25, 0.3) is 10.9 Å². The van der Waals surface area contributed by atoms with E-state index in [1.807, 2.05) is 17.0 Å². The molecule has 1 aromatic heterocycles. The van der Waals surface area contributed by atoms with Crippen LogP contribution in [-0.2, 0) is 21.4 Å². The fraction of sp³-hybridized carbons (Fsp3) is 0.500. The summed E-state index contributed by atoms with van der Waals surface area (Å²) in [4.78, 5) is 46.2. The smallest absolute Gasteiger partial charge is 0.475 e. The van der Waals surface area contributed by atoms with Crippen molar-refractivity contribution in [2.45, 2.75) is 70.5 Å². The number of hydrogen-bond acceptors (Lipinski definition) is 7. The van der Waals surface area contributed by atoms with Crippen LogP contribution in [0.1, 0.15) is 84.8 Å². The number of aromatic nitrogens is 1. The van der Waals surface area contributed by atoms with E-state index in [1.54, 1.807) is 6.07 Å². The number of piperidine rings is 1. The van der Waals surface area contributed by atoms with Gasteiger partial charge in [-0.25, -0.2) is 4.79 Å². The Bertz CT molecular complexity index is 1790. The number of nitrogens with two attached hydrogens (primary N) is 1. The third kappa shape index (κ3) is 7.45. The Morgan fingerprint density at radius 3 is 2.43 bits per heavy atom. The van der Waals surface area contributed by atoms with Crippen LogP contribution in [0.3, 0.4) is 0 Å². The fourth-order valence-corrected chi connectivity index (χ4v) is 7.26. The number of rotatable bonds is 6. The highest BCUT2D eigenvalue weighted by Gasteiger charge is 2.41. The van der Waals surface area contributed by atoms with Gasteiger partial charge in [-0.1, -0.05) is 26.8 Å². The summed E-state index contributed by atoms with van der Waals surface area (Å²) in [7, 11) is 0. The number of benzene rings is 2. The molecule has 262 valence electrons. The van der Waals surface area contributed by atoms with Crippen LogP contribution in [0.5, 0.6) is 0 Å². The van der Waals surface area contributed by atoms with Gasteiger partial charge in [-0.2, -0.15) is 18.4 Å². The molecule has 4 N–H and O–H groups in total. The normalized spacial score (nSPS) is 19.1. The molecule has 10 nitrogen and oxygen atoms in total. The number of carbonyl (C=O) groups excluding carboxylic acids is 2. The predicted molar refractivity (Wildman–Crippen MR) is 180 cm³/mol. The number of anilines is 1. The van der Waals surface area contributed by atoms with Crippen LogP contribution < -0.4 is 10.6 Å². The minimum Gasteiger partial charge on any atom is -0.475 e. The first kappa shape index (κ1) is 35.9. The first-order valence-corrected chi connectivity index (χ1v) is 16.7. The Hall–Kier alpha value is -4.41. The van der Waals surface area contributed by atoms with E-state index in [0.29, 0.717) is 25.1 Å². The minimum absolute atomic E-state index is 0.0403. The zero-order valence-corrected chi connectivity index (χ0v) is 28.1. The third-order valence-electron chi connectivity index (χ3n) is 9.92. The van der Waals surface area contributed by atoms with Crippen molar-refractivity contribution >= 4 is 34.3 Å². The van der Waals surface area contributed by atoms with Crippen molar-refractivity contribution < 1.29 is 32.7 Å². The zero-order chi connectivity index (χ0) is 35.7. The van der Waals surface area contributed by atoms with Crippen LogP contribution in [-0.4, -0.2) is 95.6 Å². The molecule has 49 heavy (non-hydrogen) atoms. The number of fused-ring (bicyclic) bond motifs is 4. The lowest BCUT2D eigenvalue weighted by molar-refractivity contribution is -0.192. The number of aromatic amines is 1. The van der Waals surface area contributed by atoms with E-state index in [9.17, 15) is 28.0 Å². The highest BCUT2D eigenvalue weighted by Crippen LogP contribution is 2.46. The van der Waals surface area contributed by atoms with Crippen molar-refractivity contribution in [1.29, 1.82) is 5.26 Å². The molecule has 0 bridgehead atoms. The molecule has 13 heteroatoms. The van der Waals surface area contributed by atoms with E-state index in [-0.39, 0.29) is 17.7 Å². The number of ketones is 1. The van der Waals surface area contributed by atoms with Gasteiger partial charge in [-0.15, -0.1) is 0 Å². The van der Waals surface area contributed by atoms with Gasteiger partial charge in [0.25, 0.3) is 0 Å². The number of carbonyl (C=O) groups is 3. The lowest BCUT2D eigenvalue weighted by Gasteiger charge is -2.39. The molecule has 3 aromatic rings. The summed E-state index contributed by atoms with van der Waals surface area (Å²) in [6.45, 7) is 12.4. The summed E-state index contributed by atoms with van der Waals surface area (Å²) in [6, 6.07) is 12.3. The number of amides is 1. The maximum atomic E-state index is 14.0. The number of likely N-dealkylation sites (tertiary alicyclic amines) is 1. The molecular formula is C36H43F3N6O4. The van der Waals surface area contributed by atoms with Crippen LogP contribution in [0.2, 0.25) is 0 Å². The number of hydrogen-bond donors (Lipinski definition) is 3. The predicted octanol–water partition coefficient (Wildman–Crippen LogP) is 4.96. The van der Waals surface area contributed by atoms with Crippen molar-refractivity contribution in [1.82, 2.24) is 14.8 Å². The quantitative estimate of drug-likeness (QED) is 0.331. The van der Waals surface area contributed by atoms with Crippen molar-refractivity contribution in [3.05, 3.63) is 63.8 Å². The zero-order valence-electron chi connectivity index (χ0n) is 28.1. The number of halogens is 3. The number of piperazine rings is 1. The number of nitrogens with zero attached hydrogens (tertiary/aromatic N) is 4. The highest BCUT2D eigenvalue weighted by molar-refractivity contribution is 6.20. The second kappa shape index (κ2) is 14.2. The number of nitrogens with one attached hydrogen (secondary N) is 1. The molecule has 6 rings (SSSR count). The molecule has 3 aliphatic rings. The Balaban J connectivity index is 0.000000606. The number of alkyl halides is 3. The van der Waals surface area contributed by atoms with Gasteiger partial charge in [-0.3, -0.25) is 9.59 Å². The molecule has 0 radical (unpaired) electrons. The van der Waals surface area contributed by atoms with Crippen LogP contribution >= 0.6 is 0 Å². The summed E-state index contributed by atoms with van der Waals surface area (Å²) in [5.74, 6) is -2.47. The monoisotopic (exact) mass is 680 g/mol. The van der Waals surface area contributed by atoms with Gasteiger partial charge < -0.3 is 30.5 Å². The molecular weight excluding hydrogens is 637 g/mol. The molecule has 1 aliphatic carbocycles. The Morgan fingerprint density at radius 2 is 1.82 bits per heavy atom. The number of aliphatic carboxylic acids is 1. The van der Waals surface area contributed by atoms with E-state index >= 15 is 0 Å². The van der Waals surface area contributed by atoms with Gasteiger partial charge in [0.1, 0.15) is 0 Å². The van der Waals surface area contributed by atoms with Gasteiger partial charge in [0.15, 0.2) is 5.78 Å². The highest BCUT2D eigenvalue weighted by atomic mass is 19.4. The third-order valence-corrected chi connectivity index (χ3v) is 9.92. The second-order valence-electron chi connectivity index (χ2n) is 13.6.